The fraction of sp³-hybridized carbons (Fsp3) is 0.263. The Hall–Kier alpha value is -3.02. The SMILES string of the molecule is COc1ccc(CNC(=O)[C@H](C)OC(=O)COc2ccccc2)cc1. The smallest absolute Gasteiger partial charge is 0.344 e. The average molecular weight is 343 g/mol. The van der Waals surface area contributed by atoms with Crippen LogP contribution >= 0.6 is 0 Å². The van der Waals surface area contributed by atoms with Gasteiger partial charge in [0.05, 0.1) is 7.11 Å². The van der Waals surface area contributed by atoms with Gasteiger partial charge in [0.25, 0.3) is 5.91 Å². The number of amides is 1. The minimum atomic E-state index is -0.898. The second kappa shape index (κ2) is 9.32. The van der Waals surface area contributed by atoms with Crippen LogP contribution in [0, 0.1) is 0 Å². The van der Waals surface area contributed by atoms with E-state index < -0.39 is 12.1 Å². The van der Waals surface area contributed by atoms with Gasteiger partial charge in [-0.2, -0.15) is 0 Å². The number of ether oxygens (including phenoxy) is 3. The van der Waals surface area contributed by atoms with Gasteiger partial charge in [0.2, 0.25) is 0 Å². The van der Waals surface area contributed by atoms with Crippen LogP contribution in [0.15, 0.2) is 54.6 Å². The lowest BCUT2D eigenvalue weighted by Crippen LogP contribution is -2.36. The molecule has 2 aromatic rings. The molecule has 0 fully saturated rings. The lowest BCUT2D eigenvalue weighted by molar-refractivity contribution is -0.156. The fourth-order valence-electron chi connectivity index (χ4n) is 2.02. The van der Waals surface area contributed by atoms with Crippen LogP contribution in [0.3, 0.4) is 0 Å². The van der Waals surface area contributed by atoms with Crippen molar-refractivity contribution in [2.45, 2.75) is 19.6 Å². The van der Waals surface area contributed by atoms with Gasteiger partial charge < -0.3 is 19.5 Å². The molecule has 0 aliphatic rings. The number of benzene rings is 2. The first-order valence-electron chi connectivity index (χ1n) is 7.86. The Kier molecular flexibility index (Phi) is 6.83. The van der Waals surface area contributed by atoms with Crippen molar-refractivity contribution in [3.05, 3.63) is 60.2 Å². The standard InChI is InChI=1S/C19H21NO5/c1-14(25-18(21)13-24-17-6-4-3-5-7-17)19(22)20-12-15-8-10-16(23-2)11-9-15/h3-11,14H,12-13H2,1-2H3,(H,20,22)/t14-/m0/s1. The van der Waals surface area contributed by atoms with Crippen molar-refractivity contribution < 1.29 is 23.8 Å². The summed E-state index contributed by atoms with van der Waals surface area (Å²) in [4.78, 5) is 23.7. The zero-order chi connectivity index (χ0) is 18.1. The molecule has 0 unspecified atom stereocenters. The summed E-state index contributed by atoms with van der Waals surface area (Å²) in [6.45, 7) is 1.61. The van der Waals surface area contributed by atoms with Crippen molar-refractivity contribution in [2.24, 2.45) is 0 Å². The van der Waals surface area contributed by atoms with Crippen LogP contribution in [0.2, 0.25) is 0 Å². The van der Waals surface area contributed by atoms with E-state index in [4.69, 9.17) is 14.2 Å². The van der Waals surface area contributed by atoms with E-state index in [1.165, 1.54) is 6.92 Å². The third-order valence-electron chi connectivity index (χ3n) is 3.40. The quantitative estimate of drug-likeness (QED) is 0.745. The number of para-hydroxylation sites is 1. The molecular formula is C19H21NO5. The maximum atomic E-state index is 12.0. The zero-order valence-corrected chi connectivity index (χ0v) is 14.2. The first-order chi connectivity index (χ1) is 12.1. The van der Waals surface area contributed by atoms with Gasteiger partial charge in [-0.15, -0.1) is 0 Å². The molecule has 0 bridgehead atoms. The number of nitrogens with one attached hydrogen (secondary N) is 1. The van der Waals surface area contributed by atoms with Crippen LogP contribution in [-0.4, -0.2) is 31.7 Å². The number of methoxy groups -OCH3 is 1. The molecule has 1 N–H and O–H groups in total. The van der Waals surface area contributed by atoms with Crippen LogP contribution in [0.1, 0.15) is 12.5 Å². The lowest BCUT2D eigenvalue weighted by Gasteiger charge is -2.14. The molecule has 0 spiro atoms. The van der Waals surface area contributed by atoms with Crippen molar-refractivity contribution in [1.29, 1.82) is 0 Å². The summed E-state index contributed by atoms with van der Waals surface area (Å²) >= 11 is 0. The number of hydrogen-bond donors (Lipinski definition) is 1. The van der Waals surface area contributed by atoms with Gasteiger partial charge in [0.15, 0.2) is 12.7 Å². The third-order valence-corrected chi connectivity index (χ3v) is 3.40. The maximum absolute atomic E-state index is 12.0. The van der Waals surface area contributed by atoms with E-state index in [1.807, 2.05) is 30.3 Å². The summed E-state index contributed by atoms with van der Waals surface area (Å²) in [6, 6.07) is 16.2. The summed E-state index contributed by atoms with van der Waals surface area (Å²) in [6.07, 6.45) is -0.898. The number of esters is 1. The Morgan fingerprint density at radius 1 is 1.00 bits per heavy atom. The van der Waals surface area contributed by atoms with Crippen molar-refractivity contribution >= 4 is 11.9 Å². The molecule has 6 heteroatoms. The molecular weight excluding hydrogens is 322 g/mol. The molecule has 0 aliphatic carbocycles. The van der Waals surface area contributed by atoms with Crippen LogP contribution in [-0.2, 0) is 20.9 Å². The summed E-state index contributed by atoms with van der Waals surface area (Å²) in [5, 5.41) is 2.72. The molecule has 1 atom stereocenters. The Labute approximate surface area is 146 Å². The highest BCUT2D eigenvalue weighted by Crippen LogP contribution is 2.11. The highest BCUT2D eigenvalue weighted by molar-refractivity contribution is 5.83. The van der Waals surface area contributed by atoms with E-state index >= 15 is 0 Å². The van der Waals surface area contributed by atoms with Crippen molar-refractivity contribution in [1.82, 2.24) is 5.32 Å². The molecule has 25 heavy (non-hydrogen) atoms. The number of carbonyl (C=O) groups is 2. The van der Waals surface area contributed by atoms with Gasteiger partial charge in [-0.3, -0.25) is 4.79 Å². The Balaban J connectivity index is 1.72. The topological polar surface area (TPSA) is 73.9 Å². The molecule has 0 saturated carbocycles. The fourth-order valence-corrected chi connectivity index (χ4v) is 2.02. The first kappa shape index (κ1) is 18.3. The summed E-state index contributed by atoms with van der Waals surface area (Å²) in [5.41, 5.74) is 0.917. The van der Waals surface area contributed by atoms with E-state index in [2.05, 4.69) is 5.32 Å². The predicted molar refractivity (Wildman–Crippen MR) is 92.3 cm³/mol. The van der Waals surface area contributed by atoms with Crippen molar-refractivity contribution in [2.75, 3.05) is 13.7 Å². The van der Waals surface area contributed by atoms with Gasteiger partial charge in [-0.1, -0.05) is 30.3 Å². The number of rotatable bonds is 8. The lowest BCUT2D eigenvalue weighted by atomic mass is 10.2. The molecule has 0 aliphatic heterocycles. The van der Waals surface area contributed by atoms with Crippen LogP contribution in [0.4, 0.5) is 0 Å². The Bertz CT molecular complexity index is 685. The van der Waals surface area contributed by atoms with E-state index in [9.17, 15) is 9.59 Å². The minimum Gasteiger partial charge on any atom is -0.497 e. The monoisotopic (exact) mass is 343 g/mol. The molecule has 2 aromatic carbocycles. The molecule has 0 aromatic heterocycles. The number of hydrogen-bond acceptors (Lipinski definition) is 5. The first-order valence-corrected chi connectivity index (χ1v) is 7.86. The van der Waals surface area contributed by atoms with Crippen molar-refractivity contribution in [3.63, 3.8) is 0 Å². The summed E-state index contributed by atoms with van der Waals surface area (Å²) < 4.78 is 15.4. The molecule has 0 saturated heterocycles. The highest BCUT2D eigenvalue weighted by atomic mass is 16.6. The Morgan fingerprint density at radius 2 is 1.68 bits per heavy atom. The molecule has 0 heterocycles. The van der Waals surface area contributed by atoms with E-state index in [1.54, 1.807) is 31.4 Å². The molecule has 6 nitrogen and oxygen atoms in total. The largest absolute Gasteiger partial charge is 0.497 e. The molecule has 132 valence electrons. The zero-order valence-electron chi connectivity index (χ0n) is 14.2. The van der Waals surface area contributed by atoms with Gasteiger partial charge in [-0.25, -0.2) is 4.79 Å². The summed E-state index contributed by atoms with van der Waals surface area (Å²) in [7, 11) is 1.59. The summed E-state index contributed by atoms with van der Waals surface area (Å²) in [5.74, 6) is 0.340. The molecule has 1 amide bonds. The van der Waals surface area contributed by atoms with Crippen LogP contribution in [0.25, 0.3) is 0 Å². The average Bonchev–Trinajstić information content (AvgIpc) is 2.65. The maximum Gasteiger partial charge on any atom is 0.344 e. The molecule has 0 radical (unpaired) electrons. The van der Waals surface area contributed by atoms with Gasteiger partial charge >= 0.3 is 5.97 Å². The predicted octanol–water partition coefficient (Wildman–Crippen LogP) is 2.32. The van der Waals surface area contributed by atoms with E-state index in [0.29, 0.717) is 12.3 Å². The number of carbonyl (C=O) groups excluding carboxylic acids is 2. The van der Waals surface area contributed by atoms with Crippen molar-refractivity contribution in [3.8, 4) is 11.5 Å². The second-order valence-electron chi connectivity index (χ2n) is 5.30. The normalized spacial score (nSPS) is 11.3. The van der Waals surface area contributed by atoms with Gasteiger partial charge in [-0.05, 0) is 36.8 Å². The van der Waals surface area contributed by atoms with Crippen LogP contribution < -0.4 is 14.8 Å². The highest BCUT2D eigenvalue weighted by Gasteiger charge is 2.17. The van der Waals surface area contributed by atoms with E-state index in [-0.39, 0.29) is 12.5 Å². The van der Waals surface area contributed by atoms with Crippen LogP contribution in [0.5, 0.6) is 11.5 Å². The van der Waals surface area contributed by atoms with Gasteiger partial charge in [0.1, 0.15) is 11.5 Å². The van der Waals surface area contributed by atoms with Gasteiger partial charge in [0, 0.05) is 6.54 Å². The minimum absolute atomic E-state index is 0.250. The Morgan fingerprint density at radius 3 is 2.32 bits per heavy atom. The second-order valence-corrected chi connectivity index (χ2v) is 5.30. The molecule has 2 rings (SSSR count). The van der Waals surface area contributed by atoms with E-state index in [0.717, 1.165) is 11.3 Å². The third kappa shape index (κ3) is 6.18.